The minimum atomic E-state index is -2.92. The van der Waals surface area contributed by atoms with Crippen molar-refractivity contribution in [1.29, 1.82) is 0 Å². The first-order valence-electron chi connectivity index (χ1n) is 11.4. The number of ether oxygens (including phenoxy) is 3. The van der Waals surface area contributed by atoms with Gasteiger partial charge in [0.25, 0.3) is 5.91 Å². The first-order valence-corrected chi connectivity index (χ1v) is 11.4. The van der Waals surface area contributed by atoms with Crippen LogP contribution in [0, 0.1) is 0 Å². The summed E-state index contributed by atoms with van der Waals surface area (Å²) in [6, 6.07) is 19.3. The molecule has 0 aliphatic carbocycles. The Hall–Kier alpha value is -4.14. The number of nitrogens with zero attached hydrogens (tertiary/aromatic N) is 1. The van der Waals surface area contributed by atoms with Crippen LogP contribution in [0.4, 0.5) is 14.6 Å². The maximum atomic E-state index is 12.6. The molecule has 9 heteroatoms. The number of hydrogen-bond acceptors (Lipinski definition) is 5. The minimum Gasteiger partial charge on any atom is -0.489 e. The van der Waals surface area contributed by atoms with Gasteiger partial charge in [0.2, 0.25) is 0 Å². The van der Waals surface area contributed by atoms with E-state index < -0.39 is 6.61 Å². The molecule has 4 rings (SSSR count). The Labute approximate surface area is 207 Å². The lowest BCUT2D eigenvalue weighted by molar-refractivity contribution is -0.118. The predicted molar refractivity (Wildman–Crippen MR) is 133 cm³/mol. The van der Waals surface area contributed by atoms with Gasteiger partial charge in [-0.3, -0.25) is 9.89 Å². The standard InChI is InChI=1S/C27H27F2N3O4/c1-27(2,3)18-8-10-19(11-9-18)35-16-24(33)30-25-21-13-12-20(14-22(21)31-32-25)34-15-17-6-4-5-7-23(17)36-26(28)29/h4-14,26H,15-16H2,1-3H3,(H2,30,31,32,33). The lowest BCUT2D eigenvalue weighted by Crippen LogP contribution is -2.20. The van der Waals surface area contributed by atoms with Gasteiger partial charge in [-0.1, -0.05) is 51.1 Å². The third kappa shape index (κ3) is 6.29. The molecule has 7 nitrogen and oxygen atoms in total. The molecule has 2 N–H and O–H groups in total. The van der Waals surface area contributed by atoms with Crippen LogP contribution in [0.3, 0.4) is 0 Å². The number of benzene rings is 3. The Balaban J connectivity index is 1.35. The van der Waals surface area contributed by atoms with Gasteiger partial charge in [-0.05, 0) is 41.3 Å². The molecule has 0 unspecified atom stereocenters. The Morgan fingerprint density at radius 2 is 1.72 bits per heavy atom. The van der Waals surface area contributed by atoms with Crippen LogP contribution in [0.2, 0.25) is 0 Å². The average Bonchev–Trinajstić information content (AvgIpc) is 3.23. The van der Waals surface area contributed by atoms with Crippen LogP contribution in [-0.4, -0.2) is 29.3 Å². The zero-order chi connectivity index (χ0) is 25.7. The van der Waals surface area contributed by atoms with Crippen LogP contribution in [-0.2, 0) is 16.8 Å². The van der Waals surface area contributed by atoms with Crippen molar-refractivity contribution in [3.05, 3.63) is 77.9 Å². The molecule has 0 radical (unpaired) electrons. The third-order valence-electron chi connectivity index (χ3n) is 5.47. The SMILES string of the molecule is CC(C)(C)c1ccc(OCC(=O)Nc2n[nH]c3cc(OCc4ccccc4OC(F)F)ccc23)cc1. The number of aromatic amines is 1. The molecular weight excluding hydrogens is 468 g/mol. The van der Waals surface area contributed by atoms with Gasteiger partial charge >= 0.3 is 6.61 Å². The highest BCUT2D eigenvalue weighted by atomic mass is 19.3. The first kappa shape index (κ1) is 25.0. The molecule has 0 aliphatic heterocycles. The van der Waals surface area contributed by atoms with E-state index >= 15 is 0 Å². The number of hydrogen-bond donors (Lipinski definition) is 2. The Kier molecular flexibility index (Phi) is 7.38. The molecule has 0 saturated carbocycles. The van der Waals surface area contributed by atoms with Crippen LogP contribution in [0.5, 0.6) is 17.2 Å². The van der Waals surface area contributed by atoms with E-state index in [9.17, 15) is 13.6 Å². The van der Waals surface area contributed by atoms with Gasteiger partial charge in [-0.2, -0.15) is 13.9 Å². The van der Waals surface area contributed by atoms with Crippen LogP contribution < -0.4 is 19.5 Å². The van der Waals surface area contributed by atoms with Crippen LogP contribution >= 0.6 is 0 Å². The van der Waals surface area contributed by atoms with Crippen LogP contribution in [0.15, 0.2) is 66.7 Å². The molecule has 1 aromatic heterocycles. The van der Waals surface area contributed by atoms with Crippen molar-refractivity contribution >= 4 is 22.6 Å². The van der Waals surface area contributed by atoms with Crippen molar-refractivity contribution < 1.29 is 27.8 Å². The summed E-state index contributed by atoms with van der Waals surface area (Å²) in [4.78, 5) is 12.4. The summed E-state index contributed by atoms with van der Waals surface area (Å²) in [5, 5.41) is 10.4. The molecular formula is C27H27F2N3O4. The van der Waals surface area contributed by atoms with Crippen molar-refractivity contribution in [1.82, 2.24) is 10.2 Å². The van der Waals surface area contributed by atoms with Gasteiger partial charge in [0, 0.05) is 17.0 Å². The summed E-state index contributed by atoms with van der Waals surface area (Å²) in [6.45, 7) is 3.35. The molecule has 0 atom stereocenters. The molecule has 188 valence electrons. The molecule has 4 aromatic rings. The highest BCUT2D eigenvalue weighted by Crippen LogP contribution is 2.27. The smallest absolute Gasteiger partial charge is 0.387 e. The van der Waals surface area contributed by atoms with Crippen molar-refractivity contribution in [3.8, 4) is 17.2 Å². The quantitative estimate of drug-likeness (QED) is 0.295. The monoisotopic (exact) mass is 495 g/mol. The Morgan fingerprint density at radius 3 is 2.44 bits per heavy atom. The first-order chi connectivity index (χ1) is 17.2. The van der Waals surface area contributed by atoms with Crippen LogP contribution in [0.25, 0.3) is 10.9 Å². The zero-order valence-corrected chi connectivity index (χ0v) is 20.2. The summed E-state index contributed by atoms with van der Waals surface area (Å²) in [5.41, 5.74) is 2.34. The van der Waals surface area contributed by atoms with E-state index in [2.05, 4.69) is 41.0 Å². The molecule has 0 bridgehead atoms. The second-order valence-electron chi connectivity index (χ2n) is 9.17. The van der Waals surface area contributed by atoms with E-state index in [0.717, 1.165) is 0 Å². The van der Waals surface area contributed by atoms with Gasteiger partial charge in [0.15, 0.2) is 12.4 Å². The Bertz CT molecular complexity index is 1330. The molecule has 0 fully saturated rings. The summed E-state index contributed by atoms with van der Waals surface area (Å²) in [5.74, 6) is 1.18. The van der Waals surface area contributed by atoms with Gasteiger partial charge in [-0.15, -0.1) is 0 Å². The van der Waals surface area contributed by atoms with Crippen molar-refractivity contribution in [2.24, 2.45) is 0 Å². The Morgan fingerprint density at radius 1 is 1.00 bits per heavy atom. The molecule has 0 saturated heterocycles. The second-order valence-corrected chi connectivity index (χ2v) is 9.17. The topological polar surface area (TPSA) is 85.5 Å². The average molecular weight is 496 g/mol. The minimum absolute atomic E-state index is 0.0368. The molecule has 0 spiro atoms. The lowest BCUT2D eigenvalue weighted by atomic mass is 9.87. The molecule has 1 amide bonds. The second kappa shape index (κ2) is 10.6. The van der Waals surface area contributed by atoms with Gasteiger partial charge in [-0.25, -0.2) is 0 Å². The number of rotatable bonds is 9. The van der Waals surface area contributed by atoms with Crippen molar-refractivity contribution in [3.63, 3.8) is 0 Å². The summed E-state index contributed by atoms with van der Waals surface area (Å²) in [6.07, 6.45) is 0. The summed E-state index contributed by atoms with van der Waals surface area (Å²) in [7, 11) is 0. The number of nitrogens with one attached hydrogen (secondary N) is 2. The normalized spacial score (nSPS) is 11.5. The van der Waals surface area contributed by atoms with Crippen molar-refractivity contribution in [2.45, 2.75) is 39.4 Å². The van der Waals surface area contributed by atoms with Crippen molar-refractivity contribution in [2.75, 3.05) is 11.9 Å². The number of alkyl halides is 2. The summed E-state index contributed by atoms with van der Waals surface area (Å²) >= 11 is 0. The van der Waals surface area contributed by atoms with E-state index in [1.54, 1.807) is 36.4 Å². The van der Waals surface area contributed by atoms with E-state index in [1.165, 1.54) is 11.6 Å². The fourth-order valence-electron chi connectivity index (χ4n) is 3.55. The summed E-state index contributed by atoms with van der Waals surface area (Å²) < 4.78 is 41.1. The zero-order valence-electron chi connectivity index (χ0n) is 20.2. The van der Waals surface area contributed by atoms with Gasteiger partial charge in [0.1, 0.15) is 23.9 Å². The molecule has 1 heterocycles. The largest absolute Gasteiger partial charge is 0.489 e. The highest BCUT2D eigenvalue weighted by Gasteiger charge is 2.15. The van der Waals surface area contributed by atoms with Gasteiger partial charge in [0.05, 0.1) is 5.52 Å². The fraction of sp³-hybridized carbons (Fsp3) is 0.259. The number of halogens is 2. The molecule has 36 heavy (non-hydrogen) atoms. The number of carbonyl (C=O) groups excluding carboxylic acids is 1. The van der Waals surface area contributed by atoms with Gasteiger partial charge < -0.3 is 19.5 Å². The predicted octanol–water partition coefficient (Wildman–Crippen LogP) is 6.06. The fourth-order valence-corrected chi connectivity index (χ4v) is 3.55. The highest BCUT2D eigenvalue weighted by molar-refractivity contribution is 6.00. The number of H-pyrrole nitrogens is 1. The number of aromatic nitrogens is 2. The number of carbonyl (C=O) groups is 1. The van der Waals surface area contributed by atoms with E-state index in [4.69, 9.17) is 9.47 Å². The number of para-hydroxylation sites is 1. The number of fused-ring (bicyclic) bond motifs is 1. The number of amides is 1. The maximum absolute atomic E-state index is 12.6. The number of anilines is 1. The van der Waals surface area contributed by atoms with E-state index in [-0.39, 0.29) is 30.3 Å². The van der Waals surface area contributed by atoms with E-state index in [1.807, 2.05) is 24.3 Å². The third-order valence-corrected chi connectivity index (χ3v) is 5.47. The molecule has 3 aromatic carbocycles. The molecule has 0 aliphatic rings. The lowest BCUT2D eigenvalue weighted by Gasteiger charge is -2.19. The van der Waals surface area contributed by atoms with E-state index in [0.29, 0.717) is 33.8 Å². The maximum Gasteiger partial charge on any atom is 0.387 e. The van der Waals surface area contributed by atoms with Crippen LogP contribution in [0.1, 0.15) is 31.9 Å².